The van der Waals surface area contributed by atoms with Gasteiger partial charge in [-0.15, -0.1) is 0 Å². The predicted octanol–water partition coefficient (Wildman–Crippen LogP) is 2.72. The minimum Gasteiger partial charge on any atom is -0.465 e. The molecule has 0 radical (unpaired) electrons. The Morgan fingerprint density at radius 3 is 2.30 bits per heavy atom. The van der Waals surface area contributed by atoms with E-state index in [2.05, 4.69) is 10.1 Å². The van der Waals surface area contributed by atoms with Crippen LogP contribution in [0, 0.1) is 0 Å². The van der Waals surface area contributed by atoms with Gasteiger partial charge in [0.1, 0.15) is 6.61 Å². The maximum absolute atomic E-state index is 12.0. The highest BCUT2D eigenvalue weighted by atomic mass is 16.6. The molecule has 2 rings (SSSR count). The van der Waals surface area contributed by atoms with Crippen LogP contribution in [0.15, 0.2) is 54.6 Å². The number of carbonyl (C=O) groups is 3. The number of methoxy groups -OCH3 is 1. The second kappa shape index (κ2) is 9.96. The van der Waals surface area contributed by atoms with Gasteiger partial charge >= 0.3 is 12.1 Å². The summed E-state index contributed by atoms with van der Waals surface area (Å²) in [6.07, 6.45) is -0.561. The van der Waals surface area contributed by atoms with E-state index in [0.29, 0.717) is 11.3 Å². The number of Topliss-reactive ketones (excluding diaryl/α,β-unsaturated/α-hetero) is 1. The summed E-state index contributed by atoms with van der Waals surface area (Å²) in [4.78, 5) is 36.6. The number of hydrogen-bond donors (Lipinski definition) is 1. The zero-order valence-corrected chi connectivity index (χ0v) is 15.3. The minimum atomic E-state index is -0.561. The molecule has 0 heterocycles. The SMILES string of the molecule is COC(=O)c1ccc(NCC(=O)CN(C)C(=O)OCc2ccccc2)cc1. The van der Waals surface area contributed by atoms with Crippen LogP contribution in [0.25, 0.3) is 0 Å². The van der Waals surface area contributed by atoms with Gasteiger partial charge in [0.2, 0.25) is 0 Å². The fraction of sp³-hybridized carbons (Fsp3) is 0.250. The molecule has 0 aromatic heterocycles. The highest BCUT2D eigenvalue weighted by Crippen LogP contribution is 2.10. The quantitative estimate of drug-likeness (QED) is 0.719. The Bertz CT molecular complexity index is 775. The van der Waals surface area contributed by atoms with Crippen molar-refractivity contribution in [3.8, 4) is 0 Å². The highest BCUT2D eigenvalue weighted by Gasteiger charge is 2.14. The number of rotatable bonds is 8. The summed E-state index contributed by atoms with van der Waals surface area (Å²) >= 11 is 0. The topological polar surface area (TPSA) is 84.9 Å². The Hall–Kier alpha value is -3.35. The summed E-state index contributed by atoms with van der Waals surface area (Å²) in [5, 5.41) is 2.95. The van der Waals surface area contributed by atoms with Crippen molar-refractivity contribution in [1.29, 1.82) is 0 Å². The number of nitrogens with one attached hydrogen (secondary N) is 1. The molecule has 2 aromatic carbocycles. The Balaban J connectivity index is 1.74. The van der Waals surface area contributed by atoms with Crippen molar-refractivity contribution in [2.75, 3.05) is 32.6 Å². The molecule has 7 heteroatoms. The second-order valence-electron chi connectivity index (χ2n) is 5.86. The van der Waals surface area contributed by atoms with Crippen molar-refractivity contribution < 1.29 is 23.9 Å². The van der Waals surface area contributed by atoms with Crippen molar-refractivity contribution >= 4 is 23.5 Å². The molecular weight excluding hydrogens is 348 g/mol. The van der Waals surface area contributed by atoms with Crippen molar-refractivity contribution in [3.63, 3.8) is 0 Å². The van der Waals surface area contributed by atoms with Crippen molar-refractivity contribution in [2.45, 2.75) is 6.61 Å². The van der Waals surface area contributed by atoms with E-state index in [1.165, 1.54) is 19.1 Å². The molecule has 0 fully saturated rings. The lowest BCUT2D eigenvalue weighted by Crippen LogP contribution is -2.34. The van der Waals surface area contributed by atoms with Crippen molar-refractivity contribution in [3.05, 3.63) is 65.7 Å². The first kappa shape index (κ1) is 20.0. The van der Waals surface area contributed by atoms with Gasteiger partial charge in [-0.2, -0.15) is 0 Å². The van der Waals surface area contributed by atoms with Gasteiger partial charge in [0.15, 0.2) is 5.78 Å². The van der Waals surface area contributed by atoms with Crippen LogP contribution in [0.1, 0.15) is 15.9 Å². The fourth-order valence-electron chi connectivity index (χ4n) is 2.26. The van der Waals surface area contributed by atoms with Crippen LogP contribution in [0.4, 0.5) is 10.5 Å². The Kier molecular flexibility index (Phi) is 7.37. The average molecular weight is 370 g/mol. The van der Waals surface area contributed by atoms with Gasteiger partial charge in [-0.1, -0.05) is 30.3 Å². The van der Waals surface area contributed by atoms with Gasteiger partial charge in [0.25, 0.3) is 0 Å². The van der Waals surface area contributed by atoms with Gasteiger partial charge in [-0.25, -0.2) is 9.59 Å². The molecule has 27 heavy (non-hydrogen) atoms. The number of carbonyl (C=O) groups excluding carboxylic acids is 3. The molecular formula is C20H22N2O5. The van der Waals surface area contributed by atoms with Gasteiger partial charge in [0.05, 0.1) is 25.8 Å². The molecule has 0 bridgehead atoms. The molecule has 142 valence electrons. The Morgan fingerprint density at radius 1 is 1.00 bits per heavy atom. The third-order valence-corrected chi connectivity index (χ3v) is 3.73. The molecule has 0 aliphatic rings. The molecule has 0 aliphatic heterocycles. The lowest BCUT2D eigenvalue weighted by Gasteiger charge is -2.16. The Labute approximate surface area is 157 Å². The number of ether oxygens (including phenoxy) is 2. The van der Waals surface area contributed by atoms with E-state index in [4.69, 9.17) is 4.74 Å². The summed E-state index contributed by atoms with van der Waals surface area (Å²) in [7, 11) is 2.82. The monoisotopic (exact) mass is 370 g/mol. The van der Waals surface area contributed by atoms with E-state index >= 15 is 0 Å². The summed E-state index contributed by atoms with van der Waals surface area (Å²) in [5.41, 5.74) is 1.99. The van der Waals surface area contributed by atoms with Crippen LogP contribution in [-0.2, 0) is 20.9 Å². The van der Waals surface area contributed by atoms with Gasteiger partial charge < -0.3 is 19.7 Å². The zero-order chi connectivity index (χ0) is 19.6. The van der Waals surface area contributed by atoms with E-state index < -0.39 is 12.1 Å². The first-order valence-electron chi connectivity index (χ1n) is 8.35. The number of benzene rings is 2. The van der Waals surface area contributed by atoms with Crippen molar-refractivity contribution in [2.24, 2.45) is 0 Å². The number of likely N-dealkylation sites (N-methyl/N-ethyl adjacent to an activating group) is 1. The fourth-order valence-corrected chi connectivity index (χ4v) is 2.26. The number of esters is 1. The standard InChI is InChI=1S/C20H22N2O5/c1-22(20(25)27-14-15-6-4-3-5-7-15)13-18(23)12-21-17-10-8-16(9-11-17)19(24)26-2/h3-11,21H,12-14H2,1-2H3. The number of nitrogens with zero attached hydrogens (tertiary/aromatic N) is 1. The predicted molar refractivity (Wildman–Crippen MR) is 101 cm³/mol. The van der Waals surface area contributed by atoms with E-state index in [9.17, 15) is 14.4 Å². The van der Waals surface area contributed by atoms with Crippen LogP contribution in [0.3, 0.4) is 0 Å². The molecule has 0 aliphatic carbocycles. The van der Waals surface area contributed by atoms with Crippen LogP contribution in [0.5, 0.6) is 0 Å². The van der Waals surface area contributed by atoms with Gasteiger partial charge in [-0.05, 0) is 29.8 Å². The first-order valence-corrected chi connectivity index (χ1v) is 8.35. The highest BCUT2D eigenvalue weighted by molar-refractivity contribution is 5.90. The average Bonchev–Trinajstić information content (AvgIpc) is 2.71. The smallest absolute Gasteiger partial charge is 0.410 e. The first-order chi connectivity index (χ1) is 13.0. The lowest BCUT2D eigenvalue weighted by atomic mass is 10.2. The summed E-state index contributed by atoms with van der Waals surface area (Å²) in [6.45, 7) is 0.137. The molecule has 0 atom stereocenters. The van der Waals surface area contributed by atoms with Crippen molar-refractivity contribution in [1.82, 2.24) is 4.90 Å². The Morgan fingerprint density at radius 2 is 1.67 bits per heavy atom. The number of hydrogen-bond acceptors (Lipinski definition) is 6. The molecule has 1 amide bonds. The van der Waals surface area contributed by atoms with Crippen LogP contribution in [-0.4, -0.2) is 50.0 Å². The van der Waals surface area contributed by atoms with Crippen LogP contribution in [0.2, 0.25) is 0 Å². The molecule has 0 saturated heterocycles. The second-order valence-corrected chi connectivity index (χ2v) is 5.86. The number of ketones is 1. The van der Waals surface area contributed by atoms with Crippen LogP contribution >= 0.6 is 0 Å². The minimum absolute atomic E-state index is 0.0495. The van der Waals surface area contributed by atoms with Gasteiger partial charge in [0, 0.05) is 12.7 Å². The molecule has 0 spiro atoms. The normalized spacial score (nSPS) is 10.0. The van der Waals surface area contributed by atoms with E-state index in [1.54, 1.807) is 24.3 Å². The summed E-state index contributed by atoms with van der Waals surface area (Å²) < 4.78 is 9.80. The maximum Gasteiger partial charge on any atom is 0.410 e. The zero-order valence-electron chi connectivity index (χ0n) is 15.3. The maximum atomic E-state index is 12.0. The number of anilines is 1. The van der Waals surface area contributed by atoms with E-state index in [0.717, 1.165) is 5.56 Å². The third-order valence-electron chi connectivity index (χ3n) is 3.73. The van der Waals surface area contributed by atoms with E-state index in [1.807, 2.05) is 30.3 Å². The number of amides is 1. The summed E-state index contributed by atoms with van der Waals surface area (Å²) in [6, 6.07) is 15.9. The summed E-state index contributed by atoms with van der Waals surface area (Å²) in [5.74, 6) is -0.598. The lowest BCUT2D eigenvalue weighted by molar-refractivity contribution is -0.118. The van der Waals surface area contributed by atoms with E-state index in [-0.39, 0.29) is 25.5 Å². The molecule has 2 aromatic rings. The molecule has 0 saturated carbocycles. The third kappa shape index (κ3) is 6.47. The largest absolute Gasteiger partial charge is 0.465 e. The molecule has 7 nitrogen and oxygen atoms in total. The molecule has 0 unspecified atom stereocenters. The van der Waals surface area contributed by atoms with Crippen LogP contribution < -0.4 is 5.32 Å². The van der Waals surface area contributed by atoms with Gasteiger partial charge in [-0.3, -0.25) is 4.79 Å². The molecule has 1 N–H and O–H groups in total.